The first-order valence-electron chi connectivity index (χ1n) is 9.03. The minimum absolute atomic E-state index is 0.315. The third-order valence-electron chi connectivity index (χ3n) is 4.41. The molecule has 122 valence electrons. The van der Waals surface area contributed by atoms with Crippen LogP contribution in [-0.2, 0) is 4.74 Å². The lowest BCUT2D eigenvalue weighted by Gasteiger charge is -2.26. The summed E-state index contributed by atoms with van der Waals surface area (Å²) >= 11 is 0. The molecule has 1 atom stereocenters. The molecular formula is C18H34N2O. The summed E-state index contributed by atoms with van der Waals surface area (Å²) in [5.41, 5.74) is -0.315. The minimum atomic E-state index is -0.315. The highest BCUT2D eigenvalue weighted by atomic mass is 16.5. The van der Waals surface area contributed by atoms with E-state index in [4.69, 9.17) is 4.74 Å². The maximum Gasteiger partial charge on any atom is 0.106 e. The second-order valence-electron chi connectivity index (χ2n) is 6.45. The van der Waals surface area contributed by atoms with E-state index in [1.165, 1.54) is 51.4 Å². The first-order valence-corrected chi connectivity index (χ1v) is 9.03. The summed E-state index contributed by atoms with van der Waals surface area (Å²) in [5, 5.41) is 13.0. The maximum atomic E-state index is 9.44. The Balaban J connectivity index is 1.97. The summed E-state index contributed by atoms with van der Waals surface area (Å²) in [6.45, 7) is 6.03. The Bertz CT molecular complexity index is 296. The van der Waals surface area contributed by atoms with Crippen molar-refractivity contribution < 1.29 is 4.74 Å². The van der Waals surface area contributed by atoms with Gasteiger partial charge in [0.05, 0.1) is 6.07 Å². The number of hydrogen-bond donors (Lipinski definition) is 1. The van der Waals surface area contributed by atoms with Crippen molar-refractivity contribution in [3.8, 4) is 6.07 Å². The lowest BCUT2D eigenvalue weighted by Crippen LogP contribution is -2.44. The Morgan fingerprint density at radius 3 is 2.33 bits per heavy atom. The molecule has 1 aliphatic rings. The van der Waals surface area contributed by atoms with Gasteiger partial charge in [0, 0.05) is 19.3 Å². The van der Waals surface area contributed by atoms with E-state index in [9.17, 15) is 5.26 Å². The van der Waals surface area contributed by atoms with Gasteiger partial charge in [-0.1, -0.05) is 46.0 Å². The number of nitrogens with one attached hydrogen (secondary N) is 1. The van der Waals surface area contributed by atoms with E-state index >= 15 is 0 Å². The first-order chi connectivity index (χ1) is 10.3. The Labute approximate surface area is 131 Å². The van der Waals surface area contributed by atoms with Crippen molar-refractivity contribution in [2.24, 2.45) is 0 Å². The van der Waals surface area contributed by atoms with Crippen molar-refractivity contribution in [2.75, 3.05) is 13.2 Å². The zero-order valence-electron chi connectivity index (χ0n) is 14.1. The topological polar surface area (TPSA) is 45.0 Å². The molecule has 0 amide bonds. The number of ether oxygens (including phenoxy) is 1. The van der Waals surface area contributed by atoms with Crippen molar-refractivity contribution in [1.82, 2.24) is 5.32 Å². The van der Waals surface area contributed by atoms with E-state index in [1.54, 1.807) is 0 Å². The van der Waals surface area contributed by atoms with Gasteiger partial charge in [-0.05, 0) is 38.5 Å². The third kappa shape index (κ3) is 8.44. The largest absolute Gasteiger partial charge is 0.381 e. The van der Waals surface area contributed by atoms with Crippen LogP contribution in [0.5, 0.6) is 0 Å². The predicted molar refractivity (Wildman–Crippen MR) is 88.2 cm³/mol. The number of rotatable bonds is 14. The monoisotopic (exact) mass is 294 g/mol. The summed E-state index contributed by atoms with van der Waals surface area (Å²) in [5.74, 6) is 0. The molecule has 0 aromatic rings. The van der Waals surface area contributed by atoms with E-state index in [-0.39, 0.29) is 5.54 Å². The van der Waals surface area contributed by atoms with Gasteiger partial charge in [0.2, 0.25) is 0 Å². The molecule has 3 nitrogen and oxygen atoms in total. The third-order valence-corrected chi connectivity index (χ3v) is 4.41. The molecule has 1 N–H and O–H groups in total. The van der Waals surface area contributed by atoms with Crippen LogP contribution in [0.25, 0.3) is 0 Å². The fourth-order valence-electron chi connectivity index (χ4n) is 2.70. The highest BCUT2D eigenvalue weighted by molar-refractivity contribution is 5.09. The Hall–Kier alpha value is -0.590. The molecule has 0 radical (unpaired) electrons. The van der Waals surface area contributed by atoms with Crippen LogP contribution in [0.1, 0.15) is 84.5 Å². The summed E-state index contributed by atoms with van der Waals surface area (Å²) in [6, 6.07) is 3.09. The molecule has 0 saturated heterocycles. The van der Waals surface area contributed by atoms with Crippen LogP contribution in [0.2, 0.25) is 0 Å². The molecule has 0 aromatic carbocycles. The van der Waals surface area contributed by atoms with Gasteiger partial charge in [0.1, 0.15) is 5.54 Å². The molecule has 0 heterocycles. The maximum absolute atomic E-state index is 9.44. The molecule has 1 rings (SSSR count). The molecule has 0 aliphatic heterocycles. The second kappa shape index (κ2) is 11.0. The standard InChI is InChI=1S/C18H34N2O/c1-3-5-6-7-8-9-14-21-15-10-13-18(4-2,16-19)20-17-11-12-17/h17,20H,3-15H2,1-2H3. The molecule has 0 bridgehead atoms. The molecular weight excluding hydrogens is 260 g/mol. The van der Waals surface area contributed by atoms with Crippen LogP contribution in [0.4, 0.5) is 0 Å². The molecule has 0 aromatic heterocycles. The van der Waals surface area contributed by atoms with Crippen LogP contribution in [0.3, 0.4) is 0 Å². The van der Waals surface area contributed by atoms with Crippen molar-refractivity contribution in [2.45, 2.75) is 96.1 Å². The number of hydrogen-bond acceptors (Lipinski definition) is 3. The number of nitriles is 1. The summed E-state index contributed by atoms with van der Waals surface area (Å²) in [4.78, 5) is 0. The van der Waals surface area contributed by atoms with Crippen LogP contribution >= 0.6 is 0 Å². The summed E-state index contributed by atoms with van der Waals surface area (Å²) in [7, 11) is 0. The molecule has 21 heavy (non-hydrogen) atoms. The van der Waals surface area contributed by atoms with Gasteiger partial charge in [-0.2, -0.15) is 5.26 Å². The van der Waals surface area contributed by atoms with E-state index in [1.807, 2.05) is 0 Å². The quantitative estimate of drug-likeness (QED) is 0.477. The minimum Gasteiger partial charge on any atom is -0.381 e. The van der Waals surface area contributed by atoms with Gasteiger partial charge in [0.25, 0.3) is 0 Å². The molecule has 1 unspecified atom stereocenters. The lowest BCUT2D eigenvalue weighted by molar-refractivity contribution is 0.121. The van der Waals surface area contributed by atoms with Crippen molar-refractivity contribution >= 4 is 0 Å². The number of unbranched alkanes of at least 4 members (excludes halogenated alkanes) is 5. The summed E-state index contributed by atoms with van der Waals surface area (Å²) < 4.78 is 5.71. The van der Waals surface area contributed by atoms with Crippen LogP contribution in [0.15, 0.2) is 0 Å². The SMILES string of the molecule is CCCCCCCCOCCCC(C#N)(CC)NC1CC1. The van der Waals surface area contributed by atoms with Crippen LogP contribution in [0, 0.1) is 11.3 Å². The van der Waals surface area contributed by atoms with Gasteiger partial charge in [0.15, 0.2) is 0 Å². The molecule has 1 saturated carbocycles. The Morgan fingerprint density at radius 1 is 1.05 bits per heavy atom. The molecule has 1 fully saturated rings. The van der Waals surface area contributed by atoms with Crippen molar-refractivity contribution in [3.05, 3.63) is 0 Å². The average molecular weight is 294 g/mol. The van der Waals surface area contributed by atoms with E-state index < -0.39 is 0 Å². The number of nitrogens with zero attached hydrogens (tertiary/aromatic N) is 1. The van der Waals surface area contributed by atoms with E-state index in [0.29, 0.717) is 6.04 Å². The summed E-state index contributed by atoms with van der Waals surface area (Å²) in [6.07, 6.45) is 13.1. The highest BCUT2D eigenvalue weighted by Crippen LogP contribution is 2.26. The normalized spacial score (nSPS) is 17.4. The van der Waals surface area contributed by atoms with Gasteiger partial charge in [-0.25, -0.2) is 0 Å². The van der Waals surface area contributed by atoms with Gasteiger partial charge < -0.3 is 4.74 Å². The average Bonchev–Trinajstić information content (AvgIpc) is 3.32. The highest BCUT2D eigenvalue weighted by Gasteiger charge is 2.34. The fourth-order valence-corrected chi connectivity index (χ4v) is 2.70. The Morgan fingerprint density at radius 2 is 1.71 bits per heavy atom. The lowest BCUT2D eigenvalue weighted by atomic mass is 9.92. The zero-order chi connectivity index (χ0) is 15.4. The second-order valence-corrected chi connectivity index (χ2v) is 6.45. The van der Waals surface area contributed by atoms with Gasteiger partial charge >= 0.3 is 0 Å². The van der Waals surface area contributed by atoms with Crippen LogP contribution in [-0.4, -0.2) is 24.8 Å². The van der Waals surface area contributed by atoms with Crippen LogP contribution < -0.4 is 5.32 Å². The van der Waals surface area contributed by atoms with Crippen molar-refractivity contribution in [1.29, 1.82) is 5.26 Å². The first kappa shape index (κ1) is 18.5. The van der Waals surface area contributed by atoms with Crippen molar-refractivity contribution in [3.63, 3.8) is 0 Å². The van der Waals surface area contributed by atoms with E-state index in [2.05, 4.69) is 25.2 Å². The van der Waals surface area contributed by atoms with Gasteiger partial charge in [-0.3, -0.25) is 5.32 Å². The van der Waals surface area contributed by atoms with E-state index in [0.717, 1.165) is 32.5 Å². The Kier molecular flexibility index (Phi) is 9.70. The molecule has 3 heteroatoms. The molecule has 1 aliphatic carbocycles. The molecule has 0 spiro atoms. The fraction of sp³-hybridized carbons (Fsp3) is 0.944. The zero-order valence-corrected chi connectivity index (χ0v) is 14.1. The predicted octanol–water partition coefficient (Wildman–Crippen LogP) is 4.57. The van der Waals surface area contributed by atoms with Gasteiger partial charge in [-0.15, -0.1) is 0 Å². The smallest absolute Gasteiger partial charge is 0.106 e.